The first kappa shape index (κ1) is 24.5. The molecule has 1 fully saturated rings. The minimum atomic E-state index is -3.24. The van der Waals surface area contributed by atoms with E-state index in [-0.39, 0.29) is 36.3 Å². The maximum atomic E-state index is 12.0. The number of nitrogens with one attached hydrogen (secondary N) is 3. The molecule has 0 heterocycles. The summed E-state index contributed by atoms with van der Waals surface area (Å²) in [6, 6.07) is 10.2. The first-order valence-electron chi connectivity index (χ1n) is 9.26. The smallest absolute Gasteiger partial charge is 0.213 e. The molecule has 0 aromatic heterocycles. The molecule has 9 heteroatoms. The normalized spacial score (nSPS) is 14.9. The van der Waals surface area contributed by atoms with Crippen molar-refractivity contribution in [2.45, 2.75) is 31.1 Å². The van der Waals surface area contributed by atoms with Gasteiger partial charge in [-0.15, -0.1) is 35.7 Å². The summed E-state index contributed by atoms with van der Waals surface area (Å²) in [7, 11) is -3.24. The number of halogens is 1. The van der Waals surface area contributed by atoms with Gasteiger partial charge in [-0.2, -0.15) is 0 Å². The molecule has 2 rings (SSSR count). The Morgan fingerprint density at radius 1 is 1.22 bits per heavy atom. The lowest BCUT2D eigenvalue weighted by Crippen LogP contribution is -2.39. The second-order valence-electron chi connectivity index (χ2n) is 6.31. The van der Waals surface area contributed by atoms with Gasteiger partial charge in [-0.1, -0.05) is 24.6 Å². The molecule has 0 amide bonds. The van der Waals surface area contributed by atoms with E-state index in [2.05, 4.69) is 32.5 Å². The lowest BCUT2D eigenvalue weighted by Gasteiger charge is -2.25. The Labute approximate surface area is 184 Å². The molecule has 1 saturated carbocycles. The van der Waals surface area contributed by atoms with Crippen LogP contribution >= 0.6 is 35.7 Å². The molecule has 1 aromatic rings. The van der Waals surface area contributed by atoms with Crippen LogP contribution in [0.25, 0.3) is 0 Å². The summed E-state index contributed by atoms with van der Waals surface area (Å²) < 4.78 is 26.7. The molecule has 0 bridgehead atoms. The maximum absolute atomic E-state index is 12.0. The van der Waals surface area contributed by atoms with Crippen LogP contribution in [0.15, 0.2) is 40.2 Å². The van der Waals surface area contributed by atoms with Crippen LogP contribution in [0.5, 0.6) is 0 Å². The van der Waals surface area contributed by atoms with Crippen LogP contribution in [0.1, 0.15) is 26.2 Å². The molecule has 1 aromatic carbocycles. The molecule has 3 N–H and O–H groups in total. The highest BCUT2D eigenvalue weighted by Gasteiger charge is 2.19. The average molecular weight is 527 g/mol. The van der Waals surface area contributed by atoms with E-state index in [1.165, 1.54) is 11.3 Å². The second kappa shape index (κ2) is 13.6. The zero-order valence-corrected chi connectivity index (χ0v) is 19.8. The number of thioether (sulfide) groups is 1. The molecule has 0 saturated heterocycles. The molecular formula is C18H31IN4O2S2. The molecule has 6 nitrogen and oxygen atoms in total. The van der Waals surface area contributed by atoms with Gasteiger partial charge in [0.15, 0.2) is 5.96 Å². The molecule has 0 radical (unpaired) electrons. The van der Waals surface area contributed by atoms with Gasteiger partial charge in [0, 0.05) is 30.3 Å². The number of guanidine groups is 1. The van der Waals surface area contributed by atoms with Gasteiger partial charge in [0.2, 0.25) is 10.0 Å². The van der Waals surface area contributed by atoms with Gasteiger partial charge >= 0.3 is 0 Å². The molecule has 0 atom stereocenters. The largest absolute Gasteiger partial charge is 0.357 e. The highest BCUT2D eigenvalue weighted by Crippen LogP contribution is 2.25. The van der Waals surface area contributed by atoms with E-state index in [9.17, 15) is 8.42 Å². The van der Waals surface area contributed by atoms with Gasteiger partial charge in [-0.25, -0.2) is 13.1 Å². The van der Waals surface area contributed by atoms with Crippen LogP contribution in [0, 0.1) is 5.92 Å². The summed E-state index contributed by atoms with van der Waals surface area (Å²) in [5, 5.41) is 6.40. The Hall–Kier alpha value is -0.520. The number of rotatable bonds is 11. The summed E-state index contributed by atoms with van der Waals surface area (Å²) in [6.45, 7) is 4.32. The second-order valence-corrected chi connectivity index (χ2v) is 9.41. The third-order valence-electron chi connectivity index (χ3n) is 4.20. The summed E-state index contributed by atoms with van der Waals surface area (Å²) in [5.41, 5.74) is 0. The molecule has 0 unspecified atom stereocenters. The van der Waals surface area contributed by atoms with Crippen LogP contribution in [0.4, 0.5) is 0 Å². The summed E-state index contributed by atoms with van der Waals surface area (Å²) in [6.07, 6.45) is 3.49. The standard InChI is InChI=1S/C18H30N4O2S2.HI/c1-2-19-18(20-11-13-25-17-9-4-3-5-10-17)21-12-14-26(23,24)22-15-16-7-6-8-16;/h3-5,9-10,16,22H,2,6-8,11-15H2,1H3,(H2,19,20,21);1H. The number of aliphatic imine (C=N–C) groups is 1. The van der Waals surface area contributed by atoms with E-state index in [0.717, 1.165) is 31.7 Å². The number of hydrogen-bond donors (Lipinski definition) is 3. The van der Waals surface area contributed by atoms with Crippen LogP contribution in [0.2, 0.25) is 0 Å². The van der Waals surface area contributed by atoms with E-state index in [0.29, 0.717) is 18.4 Å². The first-order chi connectivity index (χ1) is 12.6. The van der Waals surface area contributed by atoms with Gasteiger partial charge in [-0.3, -0.25) is 4.99 Å². The fourth-order valence-corrected chi connectivity index (χ4v) is 4.24. The fourth-order valence-electron chi connectivity index (χ4n) is 2.49. The van der Waals surface area contributed by atoms with Crippen molar-refractivity contribution in [2.24, 2.45) is 10.9 Å². The van der Waals surface area contributed by atoms with Gasteiger partial charge in [0.05, 0.1) is 12.3 Å². The Kier molecular flexibility index (Phi) is 12.4. The third-order valence-corrected chi connectivity index (χ3v) is 6.54. The van der Waals surface area contributed by atoms with E-state index < -0.39 is 10.0 Å². The number of sulfonamides is 1. The molecule has 27 heavy (non-hydrogen) atoms. The maximum Gasteiger partial charge on any atom is 0.213 e. The third kappa shape index (κ3) is 10.6. The molecular weight excluding hydrogens is 495 g/mol. The van der Waals surface area contributed by atoms with E-state index in [4.69, 9.17) is 0 Å². The molecule has 1 aliphatic rings. The van der Waals surface area contributed by atoms with Crippen LogP contribution < -0.4 is 15.4 Å². The van der Waals surface area contributed by atoms with Crippen molar-refractivity contribution in [1.29, 1.82) is 0 Å². The number of benzene rings is 1. The van der Waals surface area contributed by atoms with Gasteiger partial charge in [-0.05, 0) is 37.8 Å². The topological polar surface area (TPSA) is 82.6 Å². The minimum absolute atomic E-state index is 0. The van der Waals surface area contributed by atoms with Crippen LogP contribution in [0.3, 0.4) is 0 Å². The van der Waals surface area contributed by atoms with Gasteiger partial charge in [0.25, 0.3) is 0 Å². The first-order valence-corrected chi connectivity index (χ1v) is 11.9. The van der Waals surface area contributed by atoms with Crippen LogP contribution in [-0.4, -0.2) is 52.1 Å². The van der Waals surface area contributed by atoms with Crippen molar-refractivity contribution in [3.8, 4) is 0 Å². The molecule has 0 spiro atoms. The molecule has 0 aliphatic heterocycles. The van der Waals surface area contributed by atoms with Crippen molar-refractivity contribution in [3.63, 3.8) is 0 Å². The van der Waals surface area contributed by atoms with Crippen molar-refractivity contribution in [2.75, 3.05) is 37.7 Å². The number of nitrogens with zero attached hydrogens (tertiary/aromatic N) is 1. The Morgan fingerprint density at radius 2 is 1.96 bits per heavy atom. The zero-order chi connectivity index (χ0) is 18.7. The van der Waals surface area contributed by atoms with Crippen molar-refractivity contribution in [3.05, 3.63) is 30.3 Å². The van der Waals surface area contributed by atoms with E-state index >= 15 is 0 Å². The van der Waals surface area contributed by atoms with Crippen molar-refractivity contribution < 1.29 is 8.42 Å². The van der Waals surface area contributed by atoms with Crippen molar-refractivity contribution in [1.82, 2.24) is 15.4 Å². The summed E-state index contributed by atoms with van der Waals surface area (Å²) in [5.74, 6) is 2.12. The fraction of sp³-hybridized carbons (Fsp3) is 0.611. The lowest BCUT2D eigenvalue weighted by atomic mass is 9.86. The quantitative estimate of drug-likeness (QED) is 0.136. The van der Waals surface area contributed by atoms with E-state index in [1.807, 2.05) is 25.1 Å². The summed E-state index contributed by atoms with van der Waals surface area (Å²) in [4.78, 5) is 5.61. The number of hydrogen-bond acceptors (Lipinski definition) is 4. The Bertz CT molecular complexity index is 653. The van der Waals surface area contributed by atoms with Gasteiger partial charge < -0.3 is 10.6 Å². The minimum Gasteiger partial charge on any atom is -0.357 e. The van der Waals surface area contributed by atoms with Gasteiger partial charge in [0.1, 0.15) is 0 Å². The summed E-state index contributed by atoms with van der Waals surface area (Å²) >= 11 is 1.77. The molecule has 154 valence electrons. The molecule has 1 aliphatic carbocycles. The van der Waals surface area contributed by atoms with Crippen LogP contribution in [-0.2, 0) is 10.0 Å². The van der Waals surface area contributed by atoms with E-state index in [1.54, 1.807) is 11.8 Å². The zero-order valence-electron chi connectivity index (χ0n) is 15.8. The van der Waals surface area contributed by atoms with Crippen molar-refractivity contribution >= 4 is 51.7 Å². The highest BCUT2D eigenvalue weighted by molar-refractivity contribution is 14.0. The predicted molar refractivity (Wildman–Crippen MR) is 126 cm³/mol. The lowest BCUT2D eigenvalue weighted by molar-refractivity contribution is 0.316. The highest BCUT2D eigenvalue weighted by atomic mass is 127. The Morgan fingerprint density at radius 3 is 2.59 bits per heavy atom. The predicted octanol–water partition coefficient (Wildman–Crippen LogP) is 2.67. The Balaban J connectivity index is 0.00000364. The average Bonchev–Trinajstić information content (AvgIpc) is 2.58. The SMILES string of the molecule is CCNC(=NCCS(=O)(=O)NCC1CCC1)NCCSc1ccccc1.I. The monoisotopic (exact) mass is 526 g/mol.